The van der Waals surface area contributed by atoms with Gasteiger partial charge in [-0.1, -0.05) is 12.1 Å². The maximum atomic E-state index is 12.6. The minimum absolute atomic E-state index is 0.0275. The summed E-state index contributed by atoms with van der Waals surface area (Å²) in [6.45, 7) is 0. The molecule has 1 aromatic carbocycles. The molecule has 0 bridgehead atoms. The van der Waals surface area contributed by atoms with E-state index >= 15 is 0 Å². The lowest BCUT2D eigenvalue weighted by molar-refractivity contribution is -0.118. The van der Waals surface area contributed by atoms with Crippen LogP contribution in [0.15, 0.2) is 24.3 Å². The van der Waals surface area contributed by atoms with Crippen molar-refractivity contribution in [1.29, 1.82) is 0 Å². The second-order valence-electron chi connectivity index (χ2n) is 4.08. The molecule has 0 aliphatic rings. The molecule has 0 saturated heterocycles. The Morgan fingerprint density at radius 2 is 1.82 bits per heavy atom. The third-order valence-corrected chi connectivity index (χ3v) is 3.32. The molecular formula is C12H15FO3S. The number of hydrogen-bond acceptors (Lipinski definition) is 3. The maximum Gasteiger partial charge on any atom is 0.147 e. The lowest BCUT2D eigenvalue weighted by Crippen LogP contribution is -2.08. The van der Waals surface area contributed by atoms with Crippen LogP contribution in [0.25, 0.3) is 0 Å². The fraction of sp³-hybridized carbons (Fsp3) is 0.417. The van der Waals surface area contributed by atoms with Crippen LogP contribution in [0.5, 0.6) is 0 Å². The smallest absolute Gasteiger partial charge is 0.147 e. The highest BCUT2D eigenvalue weighted by atomic mass is 32.2. The highest BCUT2D eigenvalue weighted by Gasteiger charge is 2.07. The second kappa shape index (κ2) is 5.91. The van der Waals surface area contributed by atoms with E-state index in [0.717, 1.165) is 11.8 Å². The van der Waals surface area contributed by atoms with Crippen LogP contribution in [-0.2, 0) is 21.1 Å². The quantitative estimate of drug-likeness (QED) is 0.781. The van der Waals surface area contributed by atoms with Gasteiger partial charge in [0.25, 0.3) is 0 Å². The maximum absolute atomic E-state index is 12.6. The molecule has 1 aromatic rings. The van der Waals surface area contributed by atoms with Gasteiger partial charge in [-0.3, -0.25) is 4.79 Å². The number of sulfone groups is 1. The molecule has 3 nitrogen and oxygen atoms in total. The van der Waals surface area contributed by atoms with E-state index in [1.54, 1.807) is 12.1 Å². The molecule has 5 heteroatoms. The van der Waals surface area contributed by atoms with E-state index in [2.05, 4.69) is 0 Å². The van der Waals surface area contributed by atoms with Gasteiger partial charge in [0.2, 0.25) is 0 Å². The van der Waals surface area contributed by atoms with Gasteiger partial charge >= 0.3 is 0 Å². The van der Waals surface area contributed by atoms with Gasteiger partial charge in [0, 0.05) is 19.1 Å². The standard InChI is InChI=1S/C12H15FO3S/c1-17(15,16)8-2-3-12(14)9-10-4-6-11(13)7-5-10/h4-7H,2-3,8-9H2,1H3. The highest BCUT2D eigenvalue weighted by Crippen LogP contribution is 2.06. The van der Waals surface area contributed by atoms with E-state index < -0.39 is 9.84 Å². The first-order valence-corrected chi connectivity index (χ1v) is 7.37. The third kappa shape index (κ3) is 6.16. The Balaban J connectivity index is 2.37. The van der Waals surface area contributed by atoms with Gasteiger partial charge in [-0.25, -0.2) is 12.8 Å². The lowest BCUT2D eigenvalue weighted by Gasteiger charge is -2.01. The number of Topliss-reactive ketones (excluding diaryl/α,β-unsaturated/α-hetero) is 1. The van der Waals surface area contributed by atoms with E-state index in [1.165, 1.54) is 12.1 Å². The zero-order valence-corrected chi connectivity index (χ0v) is 10.5. The molecule has 0 spiro atoms. The highest BCUT2D eigenvalue weighted by molar-refractivity contribution is 7.90. The summed E-state index contributed by atoms with van der Waals surface area (Å²) in [7, 11) is -3.00. The summed E-state index contributed by atoms with van der Waals surface area (Å²) >= 11 is 0. The van der Waals surface area contributed by atoms with Gasteiger partial charge in [0.15, 0.2) is 0 Å². The van der Waals surface area contributed by atoms with Gasteiger partial charge in [-0.05, 0) is 24.1 Å². The first kappa shape index (κ1) is 13.8. The van der Waals surface area contributed by atoms with Crippen LogP contribution in [0.2, 0.25) is 0 Å². The molecule has 17 heavy (non-hydrogen) atoms. The Bertz CT molecular complexity index is 477. The van der Waals surface area contributed by atoms with Crippen molar-refractivity contribution in [2.45, 2.75) is 19.3 Å². The number of rotatable bonds is 6. The summed E-state index contributed by atoms with van der Waals surface area (Å²) < 4.78 is 34.3. The first-order valence-electron chi connectivity index (χ1n) is 5.31. The predicted molar refractivity (Wildman–Crippen MR) is 64.1 cm³/mol. The van der Waals surface area contributed by atoms with Crippen molar-refractivity contribution < 1.29 is 17.6 Å². The van der Waals surface area contributed by atoms with Crippen molar-refractivity contribution in [2.75, 3.05) is 12.0 Å². The van der Waals surface area contributed by atoms with Crippen LogP contribution in [0.3, 0.4) is 0 Å². The molecule has 0 amide bonds. The van der Waals surface area contributed by atoms with E-state index in [0.29, 0.717) is 6.42 Å². The zero-order chi connectivity index (χ0) is 12.9. The van der Waals surface area contributed by atoms with Gasteiger partial charge in [0.1, 0.15) is 21.4 Å². The van der Waals surface area contributed by atoms with Gasteiger partial charge in [-0.15, -0.1) is 0 Å². The molecule has 0 radical (unpaired) electrons. The Labute approximate surface area is 101 Å². The Kier molecular flexibility index (Phi) is 4.81. The number of hydrogen-bond donors (Lipinski definition) is 0. The van der Waals surface area contributed by atoms with Crippen molar-refractivity contribution in [3.05, 3.63) is 35.6 Å². The Hall–Kier alpha value is -1.23. The zero-order valence-electron chi connectivity index (χ0n) is 9.65. The molecule has 0 saturated carbocycles. The molecular weight excluding hydrogens is 243 g/mol. The van der Waals surface area contributed by atoms with Gasteiger partial charge in [-0.2, -0.15) is 0 Å². The molecule has 0 atom stereocenters. The minimum atomic E-state index is -3.00. The average Bonchev–Trinajstić information content (AvgIpc) is 2.19. The lowest BCUT2D eigenvalue weighted by atomic mass is 10.1. The summed E-state index contributed by atoms with van der Waals surface area (Å²) in [6.07, 6.45) is 1.96. The van der Waals surface area contributed by atoms with Gasteiger partial charge in [0.05, 0.1) is 5.75 Å². The fourth-order valence-corrected chi connectivity index (χ4v) is 2.12. The van der Waals surface area contributed by atoms with E-state index in [-0.39, 0.29) is 30.2 Å². The van der Waals surface area contributed by atoms with Crippen molar-refractivity contribution in [1.82, 2.24) is 0 Å². The van der Waals surface area contributed by atoms with E-state index in [1.807, 2.05) is 0 Å². The summed E-state index contributed by atoms with van der Waals surface area (Å²) in [6, 6.07) is 5.73. The fourth-order valence-electron chi connectivity index (χ4n) is 1.45. The van der Waals surface area contributed by atoms with Crippen LogP contribution >= 0.6 is 0 Å². The SMILES string of the molecule is CS(=O)(=O)CCCC(=O)Cc1ccc(F)cc1. The third-order valence-electron chi connectivity index (χ3n) is 2.29. The molecule has 0 aliphatic heterocycles. The van der Waals surface area contributed by atoms with Crippen molar-refractivity contribution in [2.24, 2.45) is 0 Å². The molecule has 1 rings (SSSR count). The normalized spacial score (nSPS) is 11.4. The van der Waals surface area contributed by atoms with Gasteiger partial charge < -0.3 is 0 Å². The first-order chi connectivity index (χ1) is 7.87. The number of carbonyl (C=O) groups is 1. The van der Waals surface area contributed by atoms with Crippen molar-refractivity contribution in [3.63, 3.8) is 0 Å². The summed E-state index contributed by atoms with van der Waals surface area (Å²) in [5, 5.41) is 0. The van der Waals surface area contributed by atoms with Crippen LogP contribution in [0.4, 0.5) is 4.39 Å². The van der Waals surface area contributed by atoms with Crippen LogP contribution in [0.1, 0.15) is 18.4 Å². The van der Waals surface area contributed by atoms with Crippen LogP contribution in [0, 0.1) is 5.82 Å². The Morgan fingerprint density at radius 3 is 2.35 bits per heavy atom. The average molecular weight is 258 g/mol. The number of halogens is 1. The van der Waals surface area contributed by atoms with Crippen molar-refractivity contribution in [3.8, 4) is 0 Å². The minimum Gasteiger partial charge on any atom is -0.299 e. The molecule has 0 unspecified atom stereocenters. The topological polar surface area (TPSA) is 51.2 Å². The van der Waals surface area contributed by atoms with E-state index in [4.69, 9.17) is 0 Å². The molecule has 0 fully saturated rings. The monoisotopic (exact) mass is 258 g/mol. The molecule has 0 N–H and O–H groups in total. The van der Waals surface area contributed by atoms with Crippen LogP contribution < -0.4 is 0 Å². The molecule has 0 heterocycles. The summed E-state index contributed by atoms with van der Waals surface area (Å²) in [5.74, 6) is -0.333. The van der Waals surface area contributed by atoms with E-state index in [9.17, 15) is 17.6 Å². The predicted octanol–water partition coefficient (Wildman–Crippen LogP) is 1.76. The summed E-state index contributed by atoms with van der Waals surface area (Å²) in [4.78, 5) is 11.5. The largest absolute Gasteiger partial charge is 0.299 e. The molecule has 94 valence electrons. The van der Waals surface area contributed by atoms with Crippen LogP contribution in [-0.4, -0.2) is 26.2 Å². The summed E-state index contributed by atoms with van der Waals surface area (Å²) in [5.41, 5.74) is 0.746. The number of ketones is 1. The molecule has 0 aromatic heterocycles. The molecule has 0 aliphatic carbocycles. The second-order valence-corrected chi connectivity index (χ2v) is 6.34. The van der Waals surface area contributed by atoms with Crippen molar-refractivity contribution >= 4 is 15.6 Å². The Morgan fingerprint density at radius 1 is 1.24 bits per heavy atom. The number of carbonyl (C=O) groups excluding carboxylic acids is 1. The number of benzene rings is 1.